The van der Waals surface area contributed by atoms with Gasteiger partial charge in [-0.05, 0) is 49.9 Å². The first-order valence-corrected chi connectivity index (χ1v) is 8.59. The van der Waals surface area contributed by atoms with Crippen LogP contribution in [-0.4, -0.2) is 37.0 Å². The van der Waals surface area contributed by atoms with Gasteiger partial charge in [-0.1, -0.05) is 11.3 Å². The van der Waals surface area contributed by atoms with Crippen LogP contribution in [0.4, 0.5) is 5.13 Å². The van der Waals surface area contributed by atoms with E-state index in [1.165, 1.54) is 11.3 Å². The first-order chi connectivity index (χ1) is 11.2. The van der Waals surface area contributed by atoms with Crippen molar-refractivity contribution in [3.8, 4) is 17.0 Å². The molecule has 0 aliphatic heterocycles. The molecule has 23 heavy (non-hydrogen) atoms. The summed E-state index contributed by atoms with van der Waals surface area (Å²) < 4.78 is 1.78. The topological polar surface area (TPSA) is 82.7 Å². The fourth-order valence-corrected chi connectivity index (χ4v) is 3.78. The van der Waals surface area contributed by atoms with Crippen molar-refractivity contribution in [3.05, 3.63) is 30.5 Å². The van der Waals surface area contributed by atoms with E-state index in [-0.39, 0.29) is 11.9 Å². The zero-order chi connectivity index (χ0) is 15.8. The van der Waals surface area contributed by atoms with Gasteiger partial charge in [-0.3, -0.25) is 0 Å². The monoisotopic (exact) mass is 330 g/mol. The van der Waals surface area contributed by atoms with Gasteiger partial charge in [-0.15, -0.1) is 5.10 Å². The van der Waals surface area contributed by atoms with Crippen molar-refractivity contribution >= 4 is 21.4 Å². The number of aromatic hydroxyl groups is 1. The van der Waals surface area contributed by atoms with Crippen LogP contribution in [0.5, 0.6) is 5.75 Å². The van der Waals surface area contributed by atoms with Crippen LogP contribution in [0.2, 0.25) is 0 Å². The molecule has 1 aliphatic rings. The number of nitrogens with one attached hydrogen (secondary N) is 1. The average molecular weight is 330 g/mol. The van der Waals surface area contributed by atoms with E-state index in [0.717, 1.165) is 47.0 Å². The maximum Gasteiger partial charge on any atom is 0.214 e. The van der Waals surface area contributed by atoms with Crippen LogP contribution in [0.15, 0.2) is 30.5 Å². The zero-order valence-corrected chi connectivity index (χ0v) is 13.3. The van der Waals surface area contributed by atoms with E-state index in [4.69, 9.17) is 0 Å². The molecular weight excluding hydrogens is 312 g/mol. The predicted octanol–water partition coefficient (Wildman–Crippen LogP) is 2.88. The number of nitrogens with zero attached hydrogens (tertiary/aromatic N) is 3. The Hall–Kier alpha value is -2.12. The van der Waals surface area contributed by atoms with Crippen LogP contribution >= 0.6 is 11.3 Å². The Morgan fingerprint density at radius 1 is 1.13 bits per heavy atom. The van der Waals surface area contributed by atoms with Crippen molar-refractivity contribution in [2.75, 3.05) is 5.32 Å². The van der Waals surface area contributed by atoms with Gasteiger partial charge in [0.2, 0.25) is 10.1 Å². The summed E-state index contributed by atoms with van der Waals surface area (Å²) in [5.74, 6) is 0.247. The molecule has 1 aromatic carbocycles. The molecule has 0 unspecified atom stereocenters. The van der Waals surface area contributed by atoms with E-state index < -0.39 is 0 Å². The maximum absolute atomic E-state index is 9.56. The van der Waals surface area contributed by atoms with Gasteiger partial charge >= 0.3 is 0 Å². The molecule has 2 heterocycles. The highest BCUT2D eigenvalue weighted by molar-refractivity contribution is 7.20. The van der Waals surface area contributed by atoms with Gasteiger partial charge in [0.15, 0.2) is 0 Å². The Labute approximate surface area is 137 Å². The van der Waals surface area contributed by atoms with Gasteiger partial charge in [-0.25, -0.2) is 9.50 Å². The number of anilines is 1. The number of aromatic nitrogens is 3. The SMILES string of the molecule is Oc1ccc(-c2cn3nc(NC4CCC(O)CC4)sc3n2)cc1. The number of benzene rings is 1. The highest BCUT2D eigenvalue weighted by atomic mass is 32.1. The summed E-state index contributed by atoms with van der Waals surface area (Å²) in [5, 5.41) is 27.8. The van der Waals surface area contributed by atoms with E-state index in [2.05, 4.69) is 15.4 Å². The van der Waals surface area contributed by atoms with Crippen molar-refractivity contribution in [3.63, 3.8) is 0 Å². The van der Waals surface area contributed by atoms with E-state index in [1.807, 2.05) is 18.3 Å². The molecule has 1 saturated carbocycles. The molecule has 3 N–H and O–H groups in total. The molecule has 0 spiro atoms. The predicted molar refractivity (Wildman–Crippen MR) is 89.9 cm³/mol. The van der Waals surface area contributed by atoms with Crippen LogP contribution in [-0.2, 0) is 0 Å². The number of rotatable bonds is 3. The molecular formula is C16H18N4O2S. The Bertz CT molecular complexity index is 772. The lowest BCUT2D eigenvalue weighted by Crippen LogP contribution is -2.28. The third-order valence-corrected chi connectivity index (χ3v) is 5.08. The lowest BCUT2D eigenvalue weighted by atomic mass is 9.93. The van der Waals surface area contributed by atoms with Crippen LogP contribution < -0.4 is 5.32 Å². The fourth-order valence-electron chi connectivity index (χ4n) is 2.92. The summed E-state index contributed by atoms with van der Waals surface area (Å²) in [7, 11) is 0. The quantitative estimate of drug-likeness (QED) is 0.688. The minimum absolute atomic E-state index is 0.144. The second-order valence-corrected chi connectivity index (χ2v) is 6.91. The Morgan fingerprint density at radius 3 is 2.57 bits per heavy atom. The summed E-state index contributed by atoms with van der Waals surface area (Å²) in [5.41, 5.74) is 1.80. The van der Waals surface area contributed by atoms with Crippen molar-refractivity contribution in [2.24, 2.45) is 0 Å². The molecule has 120 valence electrons. The van der Waals surface area contributed by atoms with Crippen LogP contribution in [0.3, 0.4) is 0 Å². The first-order valence-electron chi connectivity index (χ1n) is 7.77. The van der Waals surface area contributed by atoms with Gasteiger partial charge < -0.3 is 15.5 Å². The summed E-state index contributed by atoms with van der Waals surface area (Å²) >= 11 is 1.53. The molecule has 1 aliphatic carbocycles. The van der Waals surface area contributed by atoms with Gasteiger partial charge in [0.1, 0.15) is 5.75 Å². The third kappa shape index (κ3) is 3.02. The van der Waals surface area contributed by atoms with Crippen molar-refractivity contribution in [1.29, 1.82) is 0 Å². The lowest BCUT2D eigenvalue weighted by Gasteiger charge is -2.25. The average Bonchev–Trinajstić information content (AvgIpc) is 3.09. The van der Waals surface area contributed by atoms with Crippen LogP contribution in [0.1, 0.15) is 25.7 Å². The molecule has 1 fully saturated rings. The Kier molecular flexibility index (Phi) is 3.66. The molecule has 3 aromatic rings. The second-order valence-electron chi connectivity index (χ2n) is 5.96. The van der Waals surface area contributed by atoms with E-state index in [0.29, 0.717) is 6.04 Å². The lowest BCUT2D eigenvalue weighted by molar-refractivity contribution is 0.126. The summed E-state index contributed by atoms with van der Waals surface area (Å²) in [4.78, 5) is 5.44. The molecule has 0 radical (unpaired) electrons. The van der Waals surface area contributed by atoms with Gasteiger partial charge in [0.05, 0.1) is 18.0 Å². The minimum atomic E-state index is -0.144. The van der Waals surface area contributed by atoms with E-state index in [1.54, 1.807) is 16.6 Å². The molecule has 0 saturated heterocycles. The standard InChI is InChI=1S/C16H18N4O2S/c21-12-5-1-10(2-6-12)14-9-20-16(18-14)23-15(19-20)17-11-3-7-13(22)8-4-11/h1-2,5-6,9,11,13,21-22H,3-4,7-8H2,(H,17,19). The number of phenolic OH excluding ortho intramolecular Hbond substituents is 1. The van der Waals surface area contributed by atoms with E-state index >= 15 is 0 Å². The van der Waals surface area contributed by atoms with Gasteiger partial charge in [0.25, 0.3) is 0 Å². The minimum Gasteiger partial charge on any atom is -0.508 e. The number of phenols is 1. The highest BCUT2D eigenvalue weighted by Gasteiger charge is 2.20. The number of aliphatic hydroxyl groups excluding tert-OH is 1. The molecule has 7 heteroatoms. The summed E-state index contributed by atoms with van der Waals surface area (Å²) in [6.07, 6.45) is 5.41. The first kappa shape index (κ1) is 14.5. The van der Waals surface area contributed by atoms with Gasteiger partial charge in [-0.2, -0.15) is 0 Å². The number of hydrogen-bond acceptors (Lipinski definition) is 6. The summed E-state index contributed by atoms with van der Waals surface area (Å²) in [6.45, 7) is 0. The number of fused-ring (bicyclic) bond motifs is 1. The molecule has 0 bridgehead atoms. The molecule has 0 atom stereocenters. The normalized spacial score (nSPS) is 21.6. The number of hydrogen-bond donors (Lipinski definition) is 3. The molecule has 0 amide bonds. The number of aliphatic hydroxyl groups is 1. The van der Waals surface area contributed by atoms with E-state index in [9.17, 15) is 10.2 Å². The van der Waals surface area contributed by atoms with Crippen LogP contribution in [0, 0.1) is 0 Å². The largest absolute Gasteiger partial charge is 0.508 e. The van der Waals surface area contributed by atoms with Gasteiger partial charge in [0, 0.05) is 11.6 Å². The van der Waals surface area contributed by atoms with Crippen LogP contribution in [0.25, 0.3) is 16.2 Å². The second kappa shape index (κ2) is 5.82. The fraction of sp³-hybridized carbons (Fsp3) is 0.375. The third-order valence-electron chi connectivity index (χ3n) is 4.23. The van der Waals surface area contributed by atoms with Crippen molar-refractivity contribution in [1.82, 2.24) is 14.6 Å². The number of imidazole rings is 1. The maximum atomic E-state index is 9.56. The Morgan fingerprint density at radius 2 is 1.87 bits per heavy atom. The zero-order valence-electron chi connectivity index (χ0n) is 12.5. The van der Waals surface area contributed by atoms with Crippen molar-refractivity contribution < 1.29 is 10.2 Å². The summed E-state index contributed by atoms with van der Waals surface area (Å²) in [6, 6.07) is 7.37. The highest BCUT2D eigenvalue weighted by Crippen LogP contribution is 2.28. The molecule has 6 nitrogen and oxygen atoms in total. The Balaban J connectivity index is 1.51. The molecule has 2 aromatic heterocycles. The molecule has 4 rings (SSSR count). The van der Waals surface area contributed by atoms with Crippen molar-refractivity contribution in [2.45, 2.75) is 37.8 Å². The smallest absolute Gasteiger partial charge is 0.214 e.